The standard InChI is InChI=1S/C14H23NO3/c16-14(17)7-13-9-15(3-4-18-13)8-12-6-10-1-2-11(12)5-10/h10-13H,1-9H2,(H,16,17). The monoisotopic (exact) mass is 253 g/mol. The van der Waals surface area contributed by atoms with Crippen LogP contribution in [0.1, 0.15) is 32.1 Å². The molecule has 4 nitrogen and oxygen atoms in total. The van der Waals surface area contributed by atoms with E-state index < -0.39 is 5.97 Å². The van der Waals surface area contributed by atoms with E-state index >= 15 is 0 Å². The van der Waals surface area contributed by atoms with Crippen molar-refractivity contribution < 1.29 is 14.6 Å². The smallest absolute Gasteiger partial charge is 0.306 e. The second-order valence-corrected chi connectivity index (χ2v) is 6.29. The summed E-state index contributed by atoms with van der Waals surface area (Å²) in [5.41, 5.74) is 0. The van der Waals surface area contributed by atoms with Crippen LogP contribution in [0.15, 0.2) is 0 Å². The van der Waals surface area contributed by atoms with E-state index in [1.807, 2.05) is 0 Å². The minimum atomic E-state index is -0.748. The minimum absolute atomic E-state index is 0.102. The highest BCUT2D eigenvalue weighted by Crippen LogP contribution is 2.48. The van der Waals surface area contributed by atoms with Crippen LogP contribution in [0.2, 0.25) is 0 Å². The Morgan fingerprint density at radius 1 is 1.33 bits per heavy atom. The van der Waals surface area contributed by atoms with Crippen LogP contribution in [0.4, 0.5) is 0 Å². The maximum absolute atomic E-state index is 10.7. The van der Waals surface area contributed by atoms with Crippen LogP contribution in [0.5, 0.6) is 0 Å². The van der Waals surface area contributed by atoms with Crippen molar-refractivity contribution in [2.75, 3.05) is 26.2 Å². The Bertz CT molecular complexity index is 320. The minimum Gasteiger partial charge on any atom is -0.481 e. The lowest BCUT2D eigenvalue weighted by Gasteiger charge is -2.35. The summed E-state index contributed by atoms with van der Waals surface area (Å²) in [6, 6.07) is 0. The van der Waals surface area contributed by atoms with Gasteiger partial charge in [-0.2, -0.15) is 0 Å². The van der Waals surface area contributed by atoms with Gasteiger partial charge >= 0.3 is 5.97 Å². The van der Waals surface area contributed by atoms with Crippen LogP contribution in [0, 0.1) is 17.8 Å². The summed E-state index contributed by atoms with van der Waals surface area (Å²) in [6.07, 6.45) is 5.78. The summed E-state index contributed by atoms with van der Waals surface area (Å²) in [5, 5.41) is 8.82. The Morgan fingerprint density at radius 3 is 2.89 bits per heavy atom. The van der Waals surface area contributed by atoms with E-state index in [1.165, 1.54) is 32.2 Å². The molecule has 0 aromatic carbocycles. The molecule has 4 unspecified atom stereocenters. The van der Waals surface area contributed by atoms with E-state index in [-0.39, 0.29) is 12.5 Å². The number of carbonyl (C=O) groups is 1. The molecule has 1 aliphatic heterocycles. The predicted molar refractivity (Wildman–Crippen MR) is 67.4 cm³/mol. The molecule has 1 heterocycles. The number of hydrogen-bond acceptors (Lipinski definition) is 3. The lowest BCUT2D eigenvalue weighted by molar-refractivity contribution is -0.142. The van der Waals surface area contributed by atoms with Gasteiger partial charge in [-0.15, -0.1) is 0 Å². The quantitative estimate of drug-likeness (QED) is 0.826. The Kier molecular flexibility index (Phi) is 3.57. The topological polar surface area (TPSA) is 49.8 Å². The molecule has 2 aliphatic carbocycles. The highest BCUT2D eigenvalue weighted by Gasteiger charge is 2.40. The van der Waals surface area contributed by atoms with Crippen molar-refractivity contribution in [2.24, 2.45) is 17.8 Å². The van der Waals surface area contributed by atoms with Crippen molar-refractivity contribution in [2.45, 2.75) is 38.2 Å². The number of carboxylic acids is 1. The average Bonchev–Trinajstić information content (AvgIpc) is 2.90. The fourth-order valence-corrected chi connectivity index (χ4v) is 4.20. The van der Waals surface area contributed by atoms with Crippen molar-refractivity contribution in [3.05, 3.63) is 0 Å². The summed E-state index contributed by atoms with van der Waals surface area (Å²) in [7, 11) is 0. The van der Waals surface area contributed by atoms with Crippen LogP contribution < -0.4 is 0 Å². The molecule has 1 saturated heterocycles. The first-order valence-electron chi connectivity index (χ1n) is 7.26. The van der Waals surface area contributed by atoms with Gasteiger partial charge in [0.15, 0.2) is 0 Å². The van der Waals surface area contributed by atoms with Gasteiger partial charge in [-0.05, 0) is 37.0 Å². The van der Waals surface area contributed by atoms with Crippen LogP contribution in [-0.4, -0.2) is 48.3 Å². The highest BCUT2D eigenvalue weighted by atomic mass is 16.5. The van der Waals surface area contributed by atoms with Crippen LogP contribution >= 0.6 is 0 Å². The fraction of sp³-hybridized carbons (Fsp3) is 0.929. The number of ether oxygens (including phenoxy) is 1. The lowest BCUT2D eigenvalue weighted by atomic mass is 9.88. The number of morpholine rings is 1. The van der Waals surface area contributed by atoms with Crippen molar-refractivity contribution in [1.82, 2.24) is 4.90 Å². The summed E-state index contributed by atoms with van der Waals surface area (Å²) in [4.78, 5) is 13.2. The second-order valence-electron chi connectivity index (χ2n) is 6.29. The molecule has 0 spiro atoms. The molecule has 0 aromatic heterocycles. The molecule has 2 bridgehead atoms. The third kappa shape index (κ3) is 2.69. The predicted octanol–water partition coefficient (Wildman–Crippen LogP) is 1.60. The molecule has 0 radical (unpaired) electrons. The molecule has 1 N–H and O–H groups in total. The van der Waals surface area contributed by atoms with Gasteiger partial charge in [-0.1, -0.05) is 6.42 Å². The first kappa shape index (κ1) is 12.4. The number of aliphatic carboxylic acids is 1. The zero-order chi connectivity index (χ0) is 12.5. The molecular formula is C14H23NO3. The molecule has 2 saturated carbocycles. The van der Waals surface area contributed by atoms with Crippen LogP contribution in [0.3, 0.4) is 0 Å². The molecule has 18 heavy (non-hydrogen) atoms. The largest absolute Gasteiger partial charge is 0.481 e. The first-order chi connectivity index (χ1) is 8.70. The molecule has 4 heteroatoms. The molecule has 3 rings (SSSR count). The van der Waals surface area contributed by atoms with Crippen molar-refractivity contribution in [3.8, 4) is 0 Å². The molecule has 0 amide bonds. The lowest BCUT2D eigenvalue weighted by Crippen LogP contribution is -2.45. The summed E-state index contributed by atoms with van der Waals surface area (Å²) in [6.45, 7) is 3.64. The maximum atomic E-state index is 10.7. The van der Waals surface area contributed by atoms with Crippen molar-refractivity contribution in [1.29, 1.82) is 0 Å². The van der Waals surface area contributed by atoms with Gasteiger partial charge in [0.1, 0.15) is 0 Å². The van der Waals surface area contributed by atoms with Crippen LogP contribution in [-0.2, 0) is 9.53 Å². The van der Waals surface area contributed by atoms with E-state index in [2.05, 4.69) is 4.90 Å². The van der Waals surface area contributed by atoms with Gasteiger partial charge in [0.05, 0.1) is 19.1 Å². The summed E-state index contributed by atoms with van der Waals surface area (Å²) >= 11 is 0. The van der Waals surface area contributed by atoms with Crippen LogP contribution in [0.25, 0.3) is 0 Å². The van der Waals surface area contributed by atoms with Gasteiger partial charge < -0.3 is 9.84 Å². The third-order valence-corrected chi connectivity index (χ3v) is 5.00. The first-order valence-corrected chi connectivity index (χ1v) is 7.26. The van der Waals surface area contributed by atoms with Gasteiger partial charge in [0.2, 0.25) is 0 Å². The Hall–Kier alpha value is -0.610. The molecular weight excluding hydrogens is 230 g/mol. The number of fused-ring (bicyclic) bond motifs is 2. The Balaban J connectivity index is 1.49. The van der Waals surface area contributed by atoms with Crippen molar-refractivity contribution in [3.63, 3.8) is 0 Å². The summed E-state index contributed by atoms with van der Waals surface area (Å²) in [5.74, 6) is 2.07. The molecule has 102 valence electrons. The molecule has 3 fully saturated rings. The second kappa shape index (κ2) is 5.17. The fourth-order valence-electron chi connectivity index (χ4n) is 4.20. The maximum Gasteiger partial charge on any atom is 0.306 e. The molecule has 4 atom stereocenters. The normalized spacial score (nSPS) is 40.2. The van der Waals surface area contributed by atoms with E-state index in [4.69, 9.17) is 9.84 Å². The van der Waals surface area contributed by atoms with E-state index in [0.29, 0.717) is 6.61 Å². The summed E-state index contributed by atoms with van der Waals surface area (Å²) < 4.78 is 5.52. The zero-order valence-corrected chi connectivity index (χ0v) is 10.9. The van der Waals surface area contributed by atoms with Gasteiger partial charge in [-0.25, -0.2) is 0 Å². The number of nitrogens with zero attached hydrogens (tertiary/aromatic N) is 1. The Labute approximate surface area is 108 Å². The van der Waals surface area contributed by atoms with E-state index in [1.54, 1.807) is 0 Å². The SMILES string of the molecule is O=C(O)CC1CN(CC2CC3CCC2C3)CCO1. The average molecular weight is 253 g/mol. The van der Waals surface area contributed by atoms with Gasteiger partial charge in [0, 0.05) is 19.6 Å². The Morgan fingerprint density at radius 2 is 2.22 bits per heavy atom. The third-order valence-electron chi connectivity index (χ3n) is 5.00. The zero-order valence-electron chi connectivity index (χ0n) is 10.9. The molecule has 0 aromatic rings. The van der Waals surface area contributed by atoms with Gasteiger partial charge in [-0.3, -0.25) is 9.69 Å². The highest BCUT2D eigenvalue weighted by molar-refractivity contribution is 5.67. The number of hydrogen-bond donors (Lipinski definition) is 1. The van der Waals surface area contributed by atoms with E-state index in [9.17, 15) is 4.79 Å². The number of carboxylic acid groups (broad SMARTS) is 1. The molecule has 3 aliphatic rings. The number of rotatable bonds is 4. The van der Waals surface area contributed by atoms with E-state index in [0.717, 1.165) is 30.8 Å². The van der Waals surface area contributed by atoms with Gasteiger partial charge in [0.25, 0.3) is 0 Å². The van der Waals surface area contributed by atoms with Crippen molar-refractivity contribution >= 4 is 5.97 Å².